The van der Waals surface area contributed by atoms with Crippen molar-refractivity contribution in [3.8, 4) is 0 Å². The average molecular weight is 312 g/mol. The number of rotatable bonds is 3. The molecule has 6 nitrogen and oxygen atoms in total. The van der Waals surface area contributed by atoms with Crippen LogP contribution in [0.4, 0.5) is 0 Å². The van der Waals surface area contributed by atoms with Crippen molar-refractivity contribution in [2.75, 3.05) is 0 Å². The number of aryl methyl sites for hydroxylation is 2. The molecule has 3 aromatic rings. The molecule has 6 heteroatoms. The summed E-state index contributed by atoms with van der Waals surface area (Å²) in [6.45, 7) is 5.26. The standard InChI is InChI=1S/C17H16N2O4/c1-10-11(2)23-12(3)16(10)17(21)22-9-13-8-15(20)19-7-5-4-6-14(19)18-13/h4-8H,9H2,1-3H3. The molecule has 0 aromatic carbocycles. The predicted molar refractivity (Wildman–Crippen MR) is 83.5 cm³/mol. The van der Waals surface area contributed by atoms with Crippen LogP contribution in [0, 0.1) is 20.8 Å². The topological polar surface area (TPSA) is 73.8 Å². The van der Waals surface area contributed by atoms with Crippen molar-refractivity contribution in [2.24, 2.45) is 0 Å². The first-order valence-corrected chi connectivity index (χ1v) is 7.18. The quantitative estimate of drug-likeness (QED) is 0.695. The van der Waals surface area contributed by atoms with Crippen molar-refractivity contribution in [2.45, 2.75) is 27.4 Å². The third-order valence-electron chi connectivity index (χ3n) is 3.74. The van der Waals surface area contributed by atoms with Gasteiger partial charge in [0, 0.05) is 17.8 Å². The second-order valence-electron chi connectivity index (χ2n) is 5.31. The zero-order valence-corrected chi connectivity index (χ0v) is 13.1. The van der Waals surface area contributed by atoms with Crippen LogP contribution in [0.2, 0.25) is 0 Å². The molecule has 0 amide bonds. The maximum Gasteiger partial charge on any atom is 0.342 e. The minimum atomic E-state index is -0.480. The molecule has 0 fully saturated rings. The van der Waals surface area contributed by atoms with E-state index in [1.807, 2.05) is 6.92 Å². The largest absolute Gasteiger partial charge is 0.465 e. The van der Waals surface area contributed by atoms with Gasteiger partial charge in [-0.3, -0.25) is 9.20 Å². The lowest BCUT2D eigenvalue weighted by Crippen LogP contribution is -2.16. The number of esters is 1. The van der Waals surface area contributed by atoms with Crippen LogP contribution < -0.4 is 5.56 Å². The highest BCUT2D eigenvalue weighted by molar-refractivity contribution is 5.92. The summed E-state index contributed by atoms with van der Waals surface area (Å²) in [5.74, 6) is 0.736. The van der Waals surface area contributed by atoms with E-state index in [2.05, 4.69) is 4.98 Å². The molecular weight excluding hydrogens is 296 g/mol. The molecule has 0 aliphatic heterocycles. The fourth-order valence-corrected chi connectivity index (χ4v) is 2.48. The second kappa shape index (κ2) is 5.72. The third kappa shape index (κ3) is 2.75. The summed E-state index contributed by atoms with van der Waals surface area (Å²) < 4.78 is 12.1. The number of carbonyl (C=O) groups excluding carboxylic acids is 1. The molecule has 0 saturated heterocycles. The molecule has 3 heterocycles. The maximum absolute atomic E-state index is 12.2. The Hall–Kier alpha value is -2.89. The van der Waals surface area contributed by atoms with Crippen molar-refractivity contribution in [1.82, 2.24) is 9.38 Å². The Morgan fingerprint density at radius 3 is 2.74 bits per heavy atom. The number of hydrogen-bond donors (Lipinski definition) is 0. The number of ether oxygens (including phenoxy) is 1. The molecule has 0 bridgehead atoms. The van der Waals surface area contributed by atoms with Gasteiger partial charge in [0.05, 0.1) is 5.69 Å². The third-order valence-corrected chi connectivity index (χ3v) is 3.74. The van der Waals surface area contributed by atoms with Gasteiger partial charge in [0.15, 0.2) is 0 Å². The number of aromatic nitrogens is 2. The van der Waals surface area contributed by atoms with Gasteiger partial charge in [0.25, 0.3) is 5.56 Å². The summed E-state index contributed by atoms with van der Waals surface area (Å²) in [5.41, 5.74) is 1.90. The molecule has 23 heavy (non-hydrogen) atoms. The number of pyridine rings is 1. The number of carbonyl (C=O) groups is 1. The molecule has 0 N–H and O–H groups in total. The van der Waals surface area contributed by atoms with Gasteiger partial charge >= 0.3 is 5.97 Å². The van der Waals surface area contributed by atoms with Crippen LogP contribution in [0.25, 0.3) is 5.65 Å². The van der Waals surface area contributed by atoms with E-state index in [-0.39, 0.29) is 12.2 Å². The van der Waals surface area contributed by atoms with Crippen molar-refractivity contribution >= 4 is 11.6 Å². The monoisotopic (exact) mass is 312 g/mol. The summed E-state index contributed by atoms with van der Waals surface area (Å²) >= 11 is 0. The molecule has 3 rings (SSSR count). The Labute approximate surface area is 132 Å². The molecule has 118 valence electrons. The minimum absolute atomic E-state index is 0.0669. The highest BCUT2D eigenvalue weighted by Crippen LogP contribution is 2.21. The molecule has 0 atom stereocenters. The van der Waals surface area contributed by atoms with Crippen LogP contribution in [0.5, 0.6) is 0 Å². The summed E-state index contributed by atoms with van der Waals surface area (Å²) in [5, 5.41) is 0. The first kappa shape index (κ1) is 15.0. The fraction of sp³-hybridized carbons (Fsp3) is 0.235. The first-order chi connectivity index (χ1) is 11.0. The highest BCUT2D eigenvalue weighted by Gasteiger charge is 2.20. The van der Waals surface area contributed by atoms with Gasteiger partial charge in [-0.25, -0.2) is 9.78 Å². The summed E-state index contributed by atoms with van der Waals surface area (Å²) in [6.07, 6.45) is 1.64. The van der Waals surface area contributed by atoms with Crippen LogP contribution in [-0.2, 0) is 11.3 Å². The van der Waals surface area contributed by atoms with E-state index >= 15 is 0 Å². The van der Waals surface area contributed by atoms with Gasteiger partial charge < -0.3 is 9.15 Å². The van der Waals surface area contributed by atoms with Gasteiger partial charge in [-0.05, 0) is 32.9 Å². The molecule has 0 aliphatic rings. The lowest BCUT2D eigenvalue weighted by atomic mass is 10.1. The lowest BCUT2D eigenvalue weighted by molar-refractivity contribution is 0.0465. The molecule has 3 aromatic heterocycles. The van der Waals surface area contributed by atoms with Gasteiger partial charge in [-0.2, -0.15) is 0 Å². The van der Waals surface area contributed by atoms with E-state index in [1.165, 1.54) is 10.5 Å². The minimum Gasteiger partial charge on any atom is -0.465 e. The Kier molecular flexibility index (Phi) is 3.73. The van der Waals surface area contributed by atoms with E-state index < -0.39 is 5.97 Å². The van der Waals surface area contributed by atoms with Crippen molar-refractivity contribution in [3.05, 3.63) is 69.2 Å². The molecular formula is C17H16N2O4. The Morgan fingerprint density at radius 1 is 1.26 bits per heavy atom. The average Bonchev–Trinajstić information content (AvgIpc) is 2.78. The highest BCUT2D eigenvalue weighted by atomic mass is 16.5. The Bertz CT molecular complexity index is 953. The zero-order valence-electron chi connectivity index (χ0n) is 13.1. The smallest absolute Gasteiger partial charge is 0.342 e. The van der Waals surface area contributed by atoms with Crippen LogP contribution in [-0.4, -0.2) is 15.4 Å². The summed E-state index contributed by atoms with van der Waals surface area (Å²) in [4.78, 5) is 28.5. The van der Waals surface area contributed by atoms with E-state index in [0.717, 1.165) is 5.56 Å². The molecule has 0 unspecified atom stereocenters. The van der Waals surface area contributed by atoms with Gasteiger partial charge in [-0.1, -0.05) is 6.07 Å². The molecule has 0 aliphatic carbocycles. The lowest BCUT2D eigenvalue weighted by Gasteiger charge is -2.06. The number of hydrogen-bond acceptors (Lipinski definition) is 5. The van der Waals surface area contributed by atoms with Crippen LogP contribution in [0.15, 0.2) is 39.7 Å². The first-order valence-electron chi connectivity index (χ1n) is 7.18. The van der Waals surface area contributed by atoms with Crippen LogP contribution in [0.3, 0.4) is 0 Å². The van der Waals surface area contributed by atoms with E-state index in [9.17, 15) is 9.59 Å². The molecule has 0 radical (unpaired) electrons. The van der Waals surface area contributed by atoms with E-state index in [0.29, 0.717) is 28.4 Å². The number of furan rings is 1. The normalized spacial score (nSPS) is 10.9. The zero-order chi connectivity index (χ0) is 16.6. The summed E-state index contributed by atoms with van der Waals surface area (Å²) in [7, 11) is 0. The predicted octanol–water partition coefficient (Wildman–Crippen LogP) is 2.57. The van der Waals surface area contributed by atoms with Gasteiger partial charge in [0.1, 0.15) is 29.3 Å². The molecule has 0 spiro atoms. The van der Waals surface area contributed by atoms with Crippen molar-refractivity contribution in [3.63, 3.8) is 0 Å². The Balaban J connectivity index is 1.83. The molecule has 0 saturated carbocycles. The summed E-state index contributed by atoms with van der Waals surface area (Å²) in [6, 6.07) is 6.63. The maximum atomic E-state index is 12.2. The van der Waals surface area contributed by atoms with Crippen molar-refractivity contribution in [1.29, 1.82) is 0 Å². The van der Waals surface area contributed by atoms with Gasteiger partial charge in [0.2, 0.25) is 0 Å². The van der Waals surface area contributed by atoms with Gasteiger partial charge in [-0.15, -0.1) is 0 Å². The van der Waals surface area contributed by atoms with E-state index in [4.69, 9.17) is 9.15 Å². The number of nitrogens with zero attached hydrogens (tertiary/aromatic N) is 2. The van der Waals surface area contributed by atoms with Crippen LogP contribution >= 0.6 is 0 Å². The second-order valence-corrected chi connectivity index (χ2v) is 5.31. The van der Waals surface area contributed by atoms with E-state index in [1.54, 1.807) is 38.2 Å². The van der Waals surface area contributed by atoms with Crippen LogP contribution in [0.1, 0.15) is 33.1 Å². The fourth-order valence-electron chi connectivity index (χ4n) is 2.48. The van der Waals surface area contributed by atoms with Crippen molar-refractivity contribution < 1.29 is 13.9 Å². The Morgan fingerprint density at radius 2 is 2.04 bits per heavy atom. The number of fused-ring (bicyclic) bond motifs is 1. The SMILES string of the molecule is Cc1oc(C)c(C(=O)OCc2cc(=O)n3ccccc3n2)c1C.